The molecule has 2 heterocycles. The summed E-state index contributed by atoms with van der Waals surface area (Å²) in [5, 5.41) is 0.0160. The molecule has 0 bridgehead atoms. The van der Waals surface area contributed by atoms with E-state index in [9.17, 15) is 0 Å². The van der Waals surface area contributed by atoms with E-state index in [0.29, 0.717) is 5.88 Å². The van der Waals surface area contributed by atoms with Crippen LogP contribution in [0.3, 0.4) is 0 Å². The van der Waals surface area contributed by atoms with E-state index in [0.717, 1.165) is 17.7 Å². The topological polar surface area (TPSA) is 61.0 Å². The van der Waals surface area contributed by atoms with Crippen LogP contribution < -0.4 is 10.5 Å². The molecule has 0 aromatic carbocycles. The third-order valence-corrected chi connectivity index (χ3v) is 2.31. The number of nitrogens with zero attached hydrogens (tertiary/aromatic N) is 2. The van der Waals surface area contributed by atoms with Gasteiger partial charge in [-0.25, -0.2) is 4.98 Å². The lowest BCUT2D eigenvalue weighted by Gasteiger charge is -2.01. The van der Waals surface area contributed by atoms with Gasteiger partial charge in [0.15, 0.2) is 5.01 Å². The van der Waals surface area contributed by atoms with E-state index < -0.39 is 0 Å². The van der Waals surface area contributed by atoms with Crippen LogP contribution in [0.5, 0.6) is 5.88 Å². The van der Waals surface area contributed by atoms with E-state index in [1.165, 1.54) is 0 Å². The maximum atomic E-state index is 5.46. The molecule has 0 radical (unpaired) electrons. The SMILES string of the molecule is Cc1nc(N)nc2c1CC(Br)O2. The minimum Gasteiger partial charge on any atom is -0.462 e. The molecule has 1 aromatic heterocycles. The summed E-state index contributed by atoms with van der Waals surface area (Å²) in [7, 11) is 0. The number of rotatable bonds is 0. The highest BCUT2D eigenvalue weighted by molar-refractivity contribution is 9.09. The quantitative estimate of drug-likeness (QED) is 0.676. The highest BCUT2D eigenvalue weighted by Crippen LogP contribution is 2.31. The Labute approximate surface area is 78.3 Å². The van der Waals surface area contributed by atoms with Crippen molar-refractivity contribution in [2.24, 2.45) is 0 Å². The second kappa shape index (κ2) is 2.58. The second-order valence-electron chi connectivity index (χ2n) is 2.68. The normalized spacial score (nSPS) is 20.3. The van der Waals surface area contributed by atoms with Gasteiger partial charge in [-0.15, -0.1) is 0 Å². The molecule has 1 atom stereocenters. The average Bonchev–Trinajstić information content (AvgIpc) is 2.29. The first kappa shape index (κ1) is 7.79. The number of halogens is 1. The molecular formula is C7H8BrN3O. The molecule has 4 nitrogen and oxygen atoms in total. The highest BCUT2D eigenvalue weighted by atomic mass is 79.9. The first-order chi connectivity index (χ1) is 5.66. The number of alkyl halides is 1. The van der Waals surface area contributed by atoms with E-state index in [1.807, 2.05) is 6.92 Å². The van der Waals surface area contributed by atoms with E-state index in [1.54, 1.807) is 0 Å². The number of ether oxygens (including phenoxy) is 1. The summed E-state index contributed by atoms with van der Waals surface area (Å²) in [6, 6.07) is 0. The van der Waals surface area contributed by atoms with Crippen molar-refractivity contribution in [3.8, 4) is 5.88 Å². The van der Waals surface area contributed by atoms with Crippen LogP contribution in [0.25, 0.3) is 0 Å². The summed E-state index contributed by atoms with van der Waals surface area (Å²) in [6.45, 7) is 1.91. The van der Waals surface area contributed by atoms with Gasteiger partial charge in [-0.2, -0.15) is 4.98 Å². The van der Waals surface area contributed by atoms with Gasteiger partial charge in [0.25, 0.3) is 0 Å². The molecule has 1 aliphatic rings. The molecule has 0 spiro atoms. The second-order valence-corrected chi connectivity index (χ2v) is 3.70. The molecule has 0 saturated heterocycles. The number of hydrogen-bond donors (Lipinski definition) is 1. The predicted octanol–water partition coefficient (Wildman–Crippen LogP) is 1.02. The first-order valence-corrected chi connectivity index (χ1v) is 4.52. The largest absolute Gasteiger partial charge is 0.462 e. The van der Waals surface area contributed by atoms with Gasteiger partial charge in [0.2, 0.25) is 11.8 Å². The minimum atomic E-state index is 0.0160. The fourth-order valence-corrected chi connectivity index (χ4v) is 1.75. The Morgan fingerprint density at radius 3 is 3.08 bits per heavy atom. The van der Waals surface area contributed by atoms with Crippen LogP contribution in [0.1, 0.15) is 11.3 Å². The molecule has 1 aromatic rings. The van der Waals surface area contributed by atoms with Gasteiger partial charge in [-0.1, -0.05) is 0 Å². The fourth-order valence-electron chi connectivity index (χ4n) is 1.25. The van der Waals surface area contributed by atoms with Gasteiger partial charge >= 0.3 is 0 Å². The lowest BCUT2D eigenvalue weighted by atomic mass is 10.2. The molecule has 0 aliphatic carbocycles. The van der Waals surface area contributed by atoms with Crippen molar-refractivity contribution in [1.29, 1.82) is 0 Å². The molecule has 1 unspecified atom stereocenters. The number of nitrogen functional groups attached to an aromatic ring is 1. The summed E-state index contributed by atoms with van der Waals surface area (Å²) in [4.78, 5) is 8.02. The molecule has 0 fully saturated rings. The van der Waals surface area contributed by atoms with Crippen LogP contribution in [-0.2, 0) is 6.42 Å². The zero-order valence-corrected chi connectivity index (χ0v) is 8.13. The minimum absolute atomic E-state index is 0.0160. The van der Waals surface area contributed by atoms with Gasteiger partial charge in [0.05, 0.1) is 5.69 Å². The zero-order chi connectivity index (χ0) is 8.72. The van der Waals surface area contributed by atoms with Crippen molar-refractivity contribution in [3.63, 3.8) is 0 Å². The monoisotopic (exact) mass is 229 g/mol. The summed E-state index contributed by atoms with van der Waals surface area (Å²) in [6.07, 6.45) is 0.807. The Bertz CT molecular complexity index is 329. The van der Waals surface area contributed by atoms with Crippen molar-refractivity contribution in [2.45, 2.75) is 18.4 Å². The van der Waals surface area contributed by atoms with Crippen LogP contribution >= 0.6 is 15.9 Å². The van der Waals surface area contributed by atoms with Gasteiger partial charge in [0, 0.05) is 12.0 Å². The number of aryl methyl sites for hydroxylation is 1. The van der Waals surface area contributed by atoms with Crippen molar-refractivity contribution in [2.75, 3.05) is 5.73 Å². The van der Waals surface area contributed by atoms with Crippen LogP contribution in [0.15, 0.2) is 0 Å². The Morgan fingerprint density at radius 1 is 1.58 bits per heavy atom. The van der Waals surface area contributed by atoms with Crippen molar-refractivity contribution >= 4 is 21.9 Å². The van der Waals surface area contributed by atoms with Crippen LogP contribution in [-0.4, -0.2) is 15.0 Å². The standard InChI is InChI=1S/C7H8BrN3O/c1-3-4-2-5(8)12-6(4)11-7(9)10-3/h5H,2H2,1H3,(H2,9,10,11). The molecule has 0 amide bonds. The van der Waals surface area contributed by atoms with E-state index in [-0.39, 0.29) is 11.0 Å². The molecule has 12 heavy (non-hydrogen) atoms. The van der Waals surface area contributed by atoms with Gasteiger partial charge in [0.1, 0.15) is 0 Å². The molecule has 0 saturated carbocycles. The number of hydrogen-bond acceptors (Lipinski definition) is 4. The molecule has 2 rings (SSSR count). The average molecular weight is 230 g/mol. The maximum absolute atomic E-state index is 5.46. The van der Waals surface area contributed by atoms with Crippen molar-refractivity contribution in [3.05, 3.63) is 11.3 Å². The van der Waals surface area contributed by atoms with Gasteiger partial charge in [-0.05, 0) is 22.9 Å². The summed E-state index contributed by atoms with van der Waals surface area (Å²) in [5.74, 6) is 0.884. The molecule has 64 valence electrons. The number of fused-ring (bicyclic) bond motifs is 1. The molecule has 5 heteroatoms. The lowest BCUT2D eigenvalue weighted by molar-refractivity contribution is 0.319. The summed E-state index contributed by atoms with van der Waals surface area (Å²) in [5.41, 5.74) is 7.41. The van der Waals surface area contributed by atoms with Crippen LogP contribution in [0.4, 0.5) is 5.95 Å². The first-order valence-electron chi connectivity index (χ1n) is 3.60. The van der Waals surface area contributed by atoms with Gasteiger partial charge < -0.3 is 10.5 Å². The number of aromatic nitrogens is 2. The van der Waals surface area contributed by atoms with E-state index in [4.69, 9.17) is 10.5 Å². The summed E-state index contributed by atoms with van der Waals surface area (Å²) < 4.78 is 5.35. The van der Waals surface area contributed by atoms with E-state index >= 15 is 0 Å². The van der Waals surface area contributed by atoms with E-state index in [2.05, 4.69) is 25.9 Å². The number of anilines is 1. The van der Waals surface area contributed by atoms with Crippen molar-refractivity contribution < 1.29 is 4.74 Å². The third-order valence-electron chi connectivity index (χ3n) is 1.80. The fraction of sp³-hybridized carbons (Fsp3) is 0.429. The van der Waals surface area contributed by atoms with Crippen molar-refractivity contribution in [1.82, 2.24) is 9.97 Å². The summed E-state index contributed by atoms with van der Waals surface area (Å²) >= 11 is 3.35. The molecular weight excluding hydrogens is 222 g/mol. The molecule has 1 aliphatic heterocycles. The maximum Gasteiger partial charge on any atom is 0.223 e. The Morgan fingerprint density at radius 2 is 2.33 bits per heavy atom. The predicted molar refractivity (Wildman–Crippen MR) is 48.2 cm³/mol. The van der Waals surface area contributed by atoms with Gasteiger partial charge in [-0.3, -0.25) is 0 Å². The van der Waals surface area contributed by atoms with Crippen LogP contribution in [0.2, 0.25) is 0 Å². The molecule has 2 N–H and O–H groups in total. The number of nitrogens with two attached hydrogens (primary N) is 1. The smallest absolute Gasteiger partial charge is 0.223 e. The highest BCUT2D eigenvalue weighted by Gasteiger charge is 2.24. The lowest BCUT2D eigenvalue weighted by Crippen LogP contribution is -2.01. The van der Waals surface area contributed by atoms with Crippen LogP contribution in [0, 0.1) is 6.92 Å². The zero-order valence-electron chi connectivity index (χ0n) is 6.54. The Kier molecular flexibility index (Phi) is 1.68. The Balaban J connectivity index is 2.52. The Hall–Kier alpha value is -0.840. The third kappa shape index (κ3) is 1.14.